The summed E-state index contributed by atoms with van der Waals surface area (Å²) in [6, 6.07) is 56.1. The molecule has 0 fully saturated rings. The predicted molar refractivity (Wildman–Crippen MR) is 212 cm³/mol. The molecule has 1 radical (unpaired) electrons. The van der Waals surface area contributed by atoms with Gasteiger partial charge in [0, 0.05) is 42.7 Å². The van der Waals surface area contributed by atoms with E-state index in [0.29, 0.717) is 11.1 Å². The van der Waals surface area contributed by atoms with Crippen LogP contribution in [0.2, 0.25) is 19.6 Å². The molecule has 1 N–H and O–H groups in total. The van der Waals surface area contributed by atoms with Crippen LogP contribution < -0.4 is 5.19 Å². The Bertz CT molecular complexity index is 2260. The Morgan fingerprint density at radius 3 is 1.78 bits per heavy atom. The number of aliphatic hydroxyl groups excluding tert-OH is 1. The molecular weight excluding hydrogens is 819 g/mol. The number of carbonyl (C=O) groups is 1. The van der Waals surface area contributed by atoms with Crippen LogP contribution in [0.1, 0.15) is 21.5 Å². The summed E-state index contributed by atoms with van der Waals surface area (Å²) in [6.07, 6.45) is 1.24. The Morgan fingerprint density at radius 1 is 0.647 bits per heavy atom. The number of fused-ring (bicyclic) bond motifs is 1. The van der Waals surface area contributed by atoms with Crippen molar-refractivity contribution < 1.29 is 30.0 Å². The number of benzene rings is 6. The van der Waals surface area contributed by atoms with Gasteiger partial charge in [0.2, 0.25) is 0 Å². The maximum atomic E-state index is 11.8. The largest absolute Gasteiger partial charge is 0.507 e. The second-order valence-corrected chi connectivity index (χ2v) is 18.4. The molecule has 7 rings (SSSR count). The molecule has 0 saturated carbocycles. The Hall–Kier alpha value is -5.19. The molecule has 6 aromatic carbocycles. The fraction of sp³-hybridized carbons (Fsp3) is 0.0870. The molecule has 1 heterocycles. The maximum absolute atomic E-state index is 11.8. The van der Waals surface area contributed by atoms with Crippen molar-refractivity contribution in [1.82, 2.24) is 4.98 Å². The summed E-state index contributed by atoms with van der Waals surface area (Å²) in [5.74, 6) is -0.216. The zero-order valence-corrected chi connectivity index (χ0v) is 32.6. The summed E-state index contributed by atoms with van der Waals surface area (Å²) in [5.41, 5.74) is 10.2. The van der Waals surface area contributed by atoms with Crippen LogP contribution in [0, 0.1) is 13.0 Å². The molecule has 0 atom stereocenters. The molecule has 255 valence electrons. The van der Waals surface area contributed by atoms with Crippen LogP contribution in [0.4, 0.5) is 0 Å². The average Bonchev–Trinajstić information content (AvgIpc) is 3.15. The third-order valence-corrected chi connectivity index (χ3v) is 10.6. The van der Waals surface area contributed by atoms with Gasteiger partial charge < -0.3 is 5.11 Å². The van der Waals surface area contributed by atoms with Gasteiger partial charge in [0.1, 0.15) is 5.76 Å². The van der Waals surface area contributed by atoms with Crippen LogP contribution in [0.5, 0.6) is 0 Å². The van der Waals surface area contributed by atoms with Gasteiger partial charge in [-0.1, -0.05) is 171 Å². The van der Waals surface area contributed by atoms with E-state index in [4.69, 9.17) is 4.98 Å². The molecular formula is C46H40IrNO2Si-. The molecule has 7 aromatic rings. The van der Waals surface area contributed by atoms with E-state index in [1.54, 1.807) is 36.4 Å². The Balaban J connectivity index is 0.000000237. The molecule has 51 heavy (non-hydrogen) atoms. The molecule has 1 aromatic heterocycles. The van der Waals surface area contributed by atoms with Crippen LogP contribution in [0.3, 0.4) is 0 Å². The van der Waals surface area contributed by atoms with E-state index in [0.717, 1.165) is 22.3 Å². The summed E-state index contributed by atoms with van der Waals surface area (Å²) in [4.78, 5) is 16.9. The number of aliphatic hydroxyl groups is 1. The standard InChI is InChI=1S/C31H28NSi.C15H12O2.Ir/c1-22-17-25(23-11-7-5-8-12-23)19-26(18-22)31-21-28(24-13-9-6-10-14-24)29-20-27(33(2,3)4)15-16-30(29)32-31;16-14(12-7-3-1-4-8-12)11-15(17)13-9-5-2-6-10-13;/h5-17,19-21H,1-4H3;1-11,16H;/q-1;;/b;14-11-;. The summed E-state index contributed by atoms with van der Waals surface area (Å²) >= 11 is 0. The van der Waals surface area contributed by atoms with Gasteiger partial charge in [-0.3, -0.25) is 9.78 Å². The summed E-state index contributed by atoms with van der Waals surface area (Å²) < 4.78 is 0. The number of carbonyl (C=O) groups excluding carboxylic acids is 1. The van der Waals surface area contributed by atoms with E-state index >= 15 is 0 Å². The van der Waals surface area contributed by atoms with Gasteiger partial charge in [-0.2, -0.15) is 0 Å². The Labute approximate surface area is 315 Å². The first-order chi connectivity index (χ1) is 24.2. The Kier molecular flexibility index (Phi) is 12.1. The fourth-order valence-corrected chi connectivity index (χ4v) is 7.00. The second kappa shape index (κ2) is 16.7. The van der Waals surface area contributed by atoms with Crippen LogP contribution in [-0.4, -0.2) is 23.9 Å². The van der Waals surface area contributed by atoms with Crippen molar-refractivity contribution in [1.29, 1.82) is 0 Å². The number of nitrogens with zero attached hydrogens (tertiary/aromatic N) is 1. The zero-order chi connectivity index (χ0) is 35.1. The number of aromatic nitrogens is 1. The Morgan fingerprint density at radius 2 is 1.20 bits per heavy atom. The van der Waals surface area contributed by atoms with Gasteiger partial charge in [0.05, 0.1) is 13.6 Å². The first-order valence-electron chi connectivity index (χ1n) is 16.8. The topological polar surface area (TPSA) is 50.2 Å². The molecule has 5 heteroatoms. The first kappa shape index (κ1) is 37.1. The normalized spacial score (nSPS) is 11.3. The maximum Gasteiger partial charge on any atom is 0.189 e. The molecule has 0 aliphatic rings. The van der Waals surface area contributed by atoms with E-state index in [9.17, 15) is 9.90 Å². The van der Waals surface area contributed by atoms with Crippen molar-refractivity contribution in [3.8, 4) is 33.5 Å². The number of ketones is 1. The van der Waals surface area contributed by atoms with Crippen LogP contribution in [-0.2, 0) is 20.1 Å². The molecule has 0 unspecified atom stereocenters. The number of hydrogen-bond donors (Lipinski definition) is 1. The van der Waals surface area contributed by atoms with Crippen molar-refractivity contribution in [3.63, 3.8) is 0 Å². The molecule has 3 nitrogen and oxygen atoms in total. The minimum atomic E-state index is -1.44. The third-order valence-electron chi connectivity index (χ3n) is 8.54. The number of pyridine rings is 1. The first-order valence-corrected chi connectivity index (χ1v) is 20.3. The van der Waals surface area contributed by atoms with Crippen LogP contribution in [0.15, 0.2) is 164 Å². The van der Waals surface area contributed by atoms with Gasteiger partial charge in [-0.25, -0.2) is 0 Å². The van der Waals surface area contributed by atoms with Crippen molar-refractivity contribution in [2.75, 3.05) is 0 Å². The molecule has 0 aliphatic carbocycles. The van der Waals surface area contributed by atoms with E-state index in [2.05, 4.69) is 130 Å². The molecule has 0 spiro atoms. The van der Waals surface area contributed by atoms with Gasteiger partial charge in [-0.05, 0) is 28.5 Å². The number of aryl methyl sites for hydroxylation is 1. The van der Waals surface area contributed by atoms with E-state index in [-0.39, 0.29) is 31.6 Å². The van der Waals surface area contributed by atoms with Gasteiger partial charge in [-0.15, -0.1) is 34.9 Å². The molecule has 0 amide bonds. The van der Waals surface area contributed by atoms with E-state index in [1.807, 2.05) is 24.3 Å². The van der Waals surface area contributed by atoms with Gasteiger partial charge in [0.25, 0.3) is 0 Å². The summed E-state index contributed by atoms with van der Waals surface area (Å²) in [5, 5.41) is 12.5. The average molecular weight is 859 g/mol. The SMILES string of the molecule is Cc1[c-]c(-c2cc(-c3ccccc3)c3cc([Si](C)(C)C)ccc3n2)cc(-c2ccccc2)c1.O=C(/C=C(\O)c1ccccc1)c1ccccc1.[Ir]. The number of rotatable bonds is 7. The van der Waals surface area contributed by atoms with E-state index in [1.165, 1.54) is 38.9 Å². The molecule has 0 saturated heterocycles. The van der Waals surface area contributed by atoms with Gasteiger partial charge >= 0.3 is 0 Å². The minimum Gasteiger partial charge on any atom is -0.507 e. The second-order valence-electron chi connectivity index (χ2n) is 13.4. The van der Waals surface area contributed by atoms with Crippen molar-refractivity contribution >= 4 is 35.7 Å². The fourth-order valence-electron chi connectivity index (χ4n) is 5.84. The van der Waals surface area contributed by atoms with Crippen molar-refractivity contribution in [2.45, 2.75) is 26.6 Å². The molecule has 0 bridgehead atoms. The minimum absolute atomic E-state index is 0. The van der Waals surface area contributed by atoms with Crippen LogP contribution >= 0.6 is 0 Å². The van der Waals surface area contributed by atoms with Crippen molar-refractivity contribution in [3.05, 3.63) is 187 Å². The zero-order valence-electron chi connectivity index (χ0n) is 29.2. The van der Waals surface area contributed by atoms with Crippen LogP contribution in [0.25, 0.3) is 50.2 Å². The smallest absolute Gasteiger partial charge is 0.189 e. The van der Waals surface area contributed by atoms with Crippen molar-refractivity contribution in [2.24, 2.45) is 0 Å². The summed E-state index contributed by atoms with van der Waals surface area (Å²) in [6.45, 7) is 9.29. The van der Waals surface area contributed by atoms with Gasteiger partial charge in [0.15, 0.2) is 5.78 Å². The molecule has 0 aliphatic heterocycles. The monoisotopic (exact) mass is 859 g/mol. The number of allylic oxidation sites excluding steroid dienone is 1. The third kappa shape index (κ3) is 9.33. The summed E-state index contributed by atoms with van der Waals surface area (Å²) in [7, 11) is -1.44. The predicted octanol–water partition coefficient (Wildman–Crippen LogP) is 11.4. The quantitative estimate of drug-likeness (QED) is 0.0571. The van der Waals surface area contributed by atoms with E-state index < -0.39 is 8.07 Å². The number of hydrogen-bond acceptors (Lipinski definition) is 3.